The van der Waals surface area contributed by atoms with E-state index in [0.29, 0.717) is 16.1 Å². The molecule has 184 valence electrons. The Morgan fingerprint density at radius 2 is 1.78 bits per heavy atom. The lowest BCUT2D eigenvalue weighted by molar-refractivity contribution is -0.139. The minimum Gasteiger partial charge on any atom is -0.507 e. The minimum absolute atomic E-state index is 0.0838. The number of halogens is 1. The zero-order valence-electron chi connectivity index (χ0n) is 19.1. The molecule has 4 aromatic rings. The van der Waals surface area contributed by atoms with Gasteiger partial charge in [0.05, 0.1) is 21.5 Å². The third kappa shape index (κ3) is 4.37. The van der Waals surface area contributed by atoms with Crippen molar-refractivity contribution in [2.24, 2.45) is 5.10 Å². The van der Waals surface area contributed by atoms with E-state index in [1.165, 1.54) is 24.3 Å². The highest BCUT2D eigenvalue weighted by Crippen LogP contribution is 2.35. The van der Waals surface area contributed by atoms with Gasteiger partial charge in [0.15, 0.2) is 0 Å². The quantitative estimate of drug-likeness (QED) is 0.232. The van der Waals surface area contributed by atoms with Gasteiger partial charge in [-0.15, -0.1) is 11.3 Å². The van der Waals surface area contributed by atoms with Gasteiger partial charge < -0.3 is 5.11 Å². The summed E-state index contributed by atoms with van der Waals surface area (Å²) in [5, 5.41) is 14.6. The number of benzene rings is 3. The predicted molar refractivity (Wildman–Crippen MR) is 139 cm³/mol. The number of phenols is 1. The number of anilines is 1. The molecule has 1 unspecified atom stereocenters. The molecular formula is C26H17ClN4O5S. The van der Waals surface area contributed by atoms with Gasteiger partial charge in [0.25, 0.3) is 11.8 Å². The van der Waals surface area contributed by atoms with Crippen LogP contribution in [0.2, 0.25) is 5.02 Å². The number of para-hydroxylation sites is 2. The topological polar surface area (TPSA) is 129 Å². The van der Waals surface area contributed by atoms with Crippen LogP contribution in [0.5, 0.6) is 5.75 Å². The Balaban J connectivity index is 1.61. The molecule has 2 N–H and O–H groups in total. The molecule has 2 heterocycles. The van der Waals surface area contributed by atoms with Crippen molar-refractivity contribution >= 4 is 68.1 Å². The van der Waals surface area contributed by atoms with E-state index in [2.05, 4.69) is 15.5 Å². The summed E-state index contributed by atoms with van der Waals surface area (Å²) in [5.74, 6) is -5.39. The molecule has 1 aromatic heterocycles. The normalized spacial score (nSPS) is 17.0. The summed E-state index contributed by atoms with van der Waals surface area (Å²) < 4.78 is 0.749. The van der Waals surface area contributed by atoms with Gasteiger partial charge in [-0.25, -0.2) is 15.3 Å². The SMILES string of the molecule is Cc1cc(Cl)ccc1N1C(=O)C(=O)C(c2nc3ccccc3s2)/C(=N/NC(=O)c2ccccc2O)C1=O. The fourth-order valence-electron chi connectivity index (χ4n) is 3.97. The predicted octanol–water partition coefficient (Wildman–Crippen LogP) is 3.98. The number of hydrogen-bond donors (Lipinski definition) is 2. The largest absolute Gasteiger partial charge is 0.507 e. The summed E-state index contributed by atoms with van der Waals surface area (Å²) in [6, 6.07) is 17.4. The number of rotatable bonds is 4. The molecular weight excluding hydrogens is 516 g/mol. The lowest BCUT2D eigenvalue weighted by atomic mass is 9.91. The highest BCUT2D eigenvalue weighted by Gasteiger charge is 2.49. The van der Waals surface area contributed by atoms with E-state index in [-0.39, 0.29) is 27.7 Å². The Hall–Kier alpha value is -4.41. The van der Waals surface area contributed by atoms with E-state index in [9.17, 15) is 24.3 Å². The van der Waals surface area contributed by atoms with E-state index in [4.69, 9.17) is 11.6 Å². The van der Waals surface area contributed by atoms with Gasteiger partial charge in [-0.3, -0.25) is 19.2 Å². The third-order valence-corrected chi connectivity index (χ3v) is 7.09. The molecule has 0 bridgehead atoms. The fourth-order valence-corrected chi connectivity index (χ4v) is 5.27. The number of aryl methyl sites for hydroxylation is 1. The number of hydrogen-bond acceptors (Lipinski definition) is 8. The van der Waals surface area contributed by atoms with Crippen LogP contribution in [0.1, 0.15) is 26.8 Å². The maximum atomic E-state index is 13.7. The summed E-state index contributed by atoms with van der Waals surface area (Å²) in [6.45, 7) is 1.64. The Bertz CT molecular complexity index is 1610. The van der Waals surface area contributed by atoms with Gasteiger partial charge in [-0.05, 0) is 55.0 Å². The number of phenolic OH excluding ortho intramolecular Hbond substituents is 1. The molecule has 0 saturated carbocycles. The molecule has 1 atom stereocenters. The number of fused-ring (bicyclic) bond motifs is 1. The van der Waals surface area contributed by atoms with Crippen molar-refractivity contribution in [1.29, 1.82) is 0 Å². The summed E-state index contributed by atoms with van der Waals surface area (Å²) in [5.41, 5.74) is 3.00. The number of carbonyl (C=O) groups is 4. The lowest BCUT2D eigenvalue weighted by Gasteiger charge is -2.30. The standard InChI is InChI=1S/C26H17ClN4O5S/c1-13-12-14(27)10-11-17(13)31-25(35)21(29-30-23(34)15-6-2-4-8-18(15)32)20(22(33)26(31)36)24-28-16-7-3-5-9-19(16)37-24/h2-12,20,32H,1H3,(H,30,34)/b29-21-. The number of amides is 3. The molecule has 3 amide bonds. The molecule has 3 aromatic carbocycles. The Kier molecular flexibility index (Phi) is 6.28. The van der Waals surface area contributed by atoms with E-state index < -0.39 is 29.4 Å². The molecule has 1 aliphatic rings. The molecule has 37 heavy (non-hydrogen) atoms. The van der Waals surface area contributed by atoms with Crippen molar-refractivity contribution in [2.75, 3.05) is 4.90 Å². The highest BCUT2D eigenvalue weighted by atomic mass is 35.5. The van der Waals surface area contributed by atoms with Gasteiger partial charge in [-0.1, -0.05) is 35.9 Å². The first-order chi connectivity index (χ1) is 17.8. The Morgan fingerprint density at radius 1 is 1.05 bits per heavy atom. The van der Waals surface area contributed by atoms with Crippen molar-refractivity contribution in [3.05, 3.63) is 87.9 Å². The maximum absolute atomic E-state index is 13.7. The number of nitrogens with one attached hydrogen (secondary N) is 1. The number of piperidine rings is 1. The van der Waals surface area contributed by atoms with Gasteiger partial charge in [0.1, 0.15) is 22.4 Å². The van der Waals surface area contributed by atoms with Gasteiger partial charge in [0, 0.05) is 5.02 Å². The number of ketones is 1. The van der Waals surface area contributed by atoms with Crippen LogP contribution < -0.4 is 10.3 Å². The van der Waals surface area contributed by atoms with Crippen LogP contribution in [0.15, 0.2) is 71.8 Å². The van der Waals surface area contributed by atoms with Gasteiger partial charge >= 0.3 is 5.91 Å². The third-order valence-electron chi connectivity index (χ3n) is 5.76. The van der Waals surface area contributed by atoms with Crippen molar-refractivity contribution in [3.63, 3.8) is 0 Å². The average molecular weight is 533 g/mol. The van der Waals surface area contributed by atoms with Crippen LogP contribution >= 0.6 is 22.9 Å². The van der Waals surface area contributed by atoms with Gasteiger partial charge in [0.2, 0.25) is 5.78 Å². The molecule has 5 rings (SSSR count). The second-order valence-corrected chi connectivity index (χ2v) is 9.65. The number of Topliss-reactive ketones (excluding diaryl/α,β-unsaturated/α-hetero) is 1. The van der Waals surface area contributed by atoms with Crippen LogP contribution in [-0.2, 0) is 14.4 Å². The second-order valence-electron chi connectivity index (χ2n) is 8.15. The molecule has 1 aliphatic heterocycles. The summed E-state index contributed by atoms with van der Waals surface area (Å²) in [7, 11) is 0. The van der Waals surface area contributed by atoms with Crippen molar-refractivity contribution in [1.82, 2.24) is 10.4 Å². The van der Waals surface area contributed by atoms with Crippen LogP contribution in [0.3, 0.4) is 0 Å². The van der Waals surface area contributed by atoms with E-state index >= 15 is 0 Å². The molecule has 11 heteroatoms. The number of imide groups is 1. The van der Waals surface area contributed by atoms with Crippen LogP contribution in [0.4, 0.5) is 5.69 Å². The zero-order valence-corrected chi connectivity index (χ0v) is 20.7. The molecule has 1 fully saturated rings. The van der Waals surface area contributed by atoms with Crippen molar-refractivity contribution in [2.45, 2.75) is 12.8 Å². The minimum atomic E-state index is -1.43. The lowest BCUT2D eigenvalue weighted by Crippen LogP contribution is -2.55. The molecule has 9 nitrogen and oxygen atoms in total. The van der Waals surface area contributed by atoms with Crippen molar-refractivity contribution in [3.8, 4) is 5.75 Å². The monoisotopic (exact) mass is 532 g/mol. The molecule has 1 saturated heterocycles. The van der Waals surface area contributed by atoms with Crippen molar-refractivity contribution < 1.29 is 24.3 Å². The second kappa shape index (κ2) is 9.57. The number of carbonyl (C=O) groups excluding carboxylic acids is 4. The molecule has 0 spiro atoms. The maximum Gasteiger partial charge on any atom is 0.302 e. The smallest absolute Gasteiger partial charge is 0.302 e. The van der Waals surface area contributed by atoms with E-state index in [1.807, 2.05) is 0 Å². The molecule has 0 aliphatic carbocycles. The number of aromatic nitrogens is 1. The van der Waals surface area contributed by atoms with E-state index in [1.54, 1.807) is 49.4 Å². The number of hydrazone groups is 1. The van der Waals surface area contributed by atoms with Crippen LogP contribution in [0.25, 0.3) is 10.2 Å². The average Bonchev–Trinajstić information content (AvgIpc) is 3.30. The summed E-state index contributed by atoms with van der Waals surface area (Å²) in [4.78, 5) is 58.3. The zero-order chi connectivity index (χ0) is 26.3. The first-order valence-electron chi connectivity index (χ1n) is 11.0. The fraction of sp³-hybridized carbons (Fsp3) is 0.0769. The summed E-state index contributed by atoms with van der Waals surface area (Å²) in [6.07, 6.45) is 0. The first kappa shape index (κ1) is 24.3. The van der Waals surface area contributed by atoms with Gasteiger partial charge in [-0.2, -0.15) is 5.10 Å². The summed E-state index contributed by atoms with van der Waals surface area (Å²) >= 11 is 7.17. The number of nitrogens with zero attached hydrogens (tertiary/aromatic N) is 3. The molecule has 0 radical (unpaired) electrons. The highest BCUT2D eigenvalue weighted by molar-refractivity contribution is 7.19. The van der Waals surface area contributed by atoms with Crippen LogP contribution in [0, 0.1) is 6.92 Å². The Morgan fingerprint density at radius 3 is 2.51 bits per heavy atom. The van der Waals surface area contributed by atoms with Crippen LogP contribution in [-0.4, -0.2) is 39.3 Å². The first-order valence-corrected chi connectivity index (χ1v) is 12.2. The number of aromatic hydroxyl groups is 1. The number of thiazole rings is 1. The Labute approximate surface area is 219 Å². The van der Waals surface area contributed by atoms with E-state index in [0.717, 1.165) is 20.9 Å².